The summed E-state index contributed by atoms with van der Waals surface area (Å²) in [5.41, 5.74) is 2.31. The van der Waals surface area contributed by atoms with E-state index in [1.165, 1.54) is 0 Å². The Labute approximate surface area is 237 Å². The topological polar surface area (TPSA) is 47.1 Å². The third kappa shape index (κ3) is 10.3. The molecule has 0 fully saturated rings. The van der Waals surface area contributed by atoms with Gasteiger partial charge in [-0.3, -0.25) is 19.4 Å². The molecule has 0 aliphatic rings. The number of carbonyl (C=O) groups excluding carboxylic acids is 2. The van der Waals surface area contributed by atoms with Crippen LogP contribution in [0.2, 0.25) is 0 Å². The molecule has 206 valence electrons. The number of benzene rings is 2. The van der Waals surface area contributed by atoms with Crippen LogP contribution in [0.1, 0.15) is 11.1 Å². The Morgan fingerprint density at radius 2 is 1.03 bits per heavy atom. The first kappa shape index (κ1) is 31.7. The molecule has 0 N–H and O–H groups in total. The second kappa shape index (κ2) is 17.1. The average Bonchev–Trinajstić information content (AvgIpc) is 2.91. The van der Waals surface area contributed by atoms with Gasteiger partial charge in [-0.05, 0) is 11.1 Å². The van der Waals surface area contributed by atoms with Gasteiger partial charge >= 0.3 is 0 Å². The molecule has 0 aliphatic heterocycles. The maximum Gasteiger partial charge on any atom is 0.240 e. The van der Waals surface area contributed by atoms with Gasteiger partial charge in [0.2, 0.25) is 11.8 Å². The molecule has 0 unspecified atom stereocenters. The first-order valence-corrected chi connectivity index (χ1v) is 15.2. The van der Waals surface area contributed by atoms with Crippen molar-refractivity contribution in [3.8, 4) is 0 Å². The smallest absolute Gasteiger partial charge is 0.240 e. The van der Waals surface area contributed by atoms with Gasteiger partial charge in [0.1, 0.15) is 0 Å². The van der Waals surface area contributed by atoms with Crippen molar-refractivity contribution < 1.29 is 9.59 Å². The highest BCUT2D eigenvalue weighted by atomic mass is 33.1. The van der Waals surface area contributed by atoms with Crippen LogP contribution in [-0.4, -0.2) is 96.3 Å². The van der Waals surface area contributed by atoms with Gasteiger partial charge in [0.25, 0.3) is 0 Å². The lowest BCUT2D eigenvalue weighted by molar-refractivity contribution is -0.134. The zero-order chi connectivity index (χ0) is 27.9. The molecule has 6 nitrogen and oxygen atoms in total. The van der Waals surface area contributed by atoms with Crippen molar-refractivity contribution in [3.05, 3.63) is 97.1 Å². The van der Waals surface area contributed by atoms with Crippen LogP contribution < -0.4 is 0 Å². The Balaban J connectivity index is 2.14. The van der Waals surface area contributed by atoms with E-state index >= 15 is 0 Å². The fraction of sp³-hybridized carbons (Fsp3) is 0.400. The summed E-state index contributed by atoms with van der Waals surface area (Å²) in [6.45, 7) is 10.4. The molecular weight excluding hydrogens is 512 g/mol. The van der Waals surface area contributed by atoms with Crippen LogP contribution in [0.4, 0.5) is 0 Å². The van der Waals surface area contributed by atoms with E-state index in [1.54, 1.807) is 59.6 Å². The summed E-state index contributed by atoms with van der Waals surface area (Å²) in [6, 6.07) is 19.7. The molecule has 0 spiro atoms. The molecule has 0 aliphatic carbocycles. The number of nitrogens with zero attached hydrogens (tertiary/aromatic N) is 4. The molecule has 0 saturated carbocycles. The Morgan fingerprint density at radius 3 is 1.32 bits per heavy atom. The molecule has 0 heterocycles. The summed E-state index contributed by atoms with van der Waals surface area (Å²) in [5, 5.41) is 0. The van der Waals surface area contributed by atoms with Gasteiger partial charge in [-0.15, -0.1) is 13.2 Å². The summed E-state index contributed by atoms with van der Waals surface area (Å²) >= 11 is 0. The molecule has 2 atom stereocenters. The van der Waals surface area contributed by atoms with Crippen LogP contribution in [0.5, 0.6) is 0 Å². The zero-order valence-corrected chi connectivity index (χ0v) is 24.8. The van der Waals surface area contributed by atoms with Crippen LogP contribution in [-0.2, 0) is 22.7 Å². The monoisotopic (exact) mass is 554 g/mol. The minimum atomic E-state index is -0.308. The summed E-state index contributed by atoms with van der Waals surface area (Å²) in [6.07, 6.45) is 3.69. The van der Waals surface area contributed by atoms with Crippen molar-refractivity contribution in [1.82, 2.24) is 19.6 Å². The number of hydrogen-bond donors (Lipinski definition) is 0. The van der Waals surface area contributed by atoms with Crippen LogP contribution in [0, 0.1) is 0 Å². The van der Waals surface area contributed by atoms with E-state index in [2.05, 4.69) is 47.2 Å². The molecule has 2 aromatic rings. The molecule has 38 heavy (non-hydrogen) atoms. The lowest BCUT2D eigenvalue weighted by Gasteiger charge is -2.33. The average molecular weight is 555 g/mol. The van der Waals surface area contributed by atoms with Crippen molar-refractivity contribution in [2.45, 2.75) is 25.2 Å². The summed E-state index contributed by atoms with van der Waals surface area (Å²) in [7, 11) is 10.5. The number of amides is 2. The Morgan fingerprint density at radius 1 is 0.684 bits per heavy atom. The molecular formula is C30H42N4O2S2. The Bertz CT molecular complexity index is 920. The highest BCUT2D eigenvalue weighted by molar-refractivity contribution is 8.76. The van der Waals surface area contributed by atoms with E-state index in [4.69, 9.17) is 0 Å². The van der Waals surface area contributed by atoms with Crippen molar-refractivity contribution in [2.24, 2.45) is 0 Å². The van der Waals surface area contributed by atoms with Gasteiger partial charge in [0.05, 0.1) is 12.1 Å². The van der Waals surface area contributed by atoms with Gasteiger partial charge in [0, 0.05) is 65.9 Å². The molecule has 2 rings (SSSR count). The lowest BCUT2D eigenvalue weighted by atomic mass is 10.1. The number of hydrogen-bond acceptors (Lipinski definition) is 6. The fourth-order valence-corrected chi connectivity index (χ4v) is 6.57. The van der Waals surface area contributed by atoms with E-state index in [1.807, 2.05) is 48.6 Å². The largest absolute Gasteiger partial charge is 0.347 e. The Hall–Kier alpha value is -2.52. The molecule has 2 amide bonds. The Kier molecular flexibility index (Phi) is 14.3. The van der Waals surface area contributed by atoms with Crippen molar-refractivity contribution in [3.63, 3.8) is 0 Å². The molecule has 0 aromatic heterocycles. The summed E-state index contributed by atoms with van der Waals surface area (Å²) < 4.78 is 0. The number of rotatable bonds is 17. The predicted octanol–water partition coefficient (Wildman–Crippen LogP) is 4.66. The van der Waals surface area contributed by atoms with E-state index in [9.17, 15) is 9.59 Å². The van der Waals surface area contributed by atoms with Crippen LogP contribution in [0.25, 0.3) is 0 Å². The third-order valence-electron chi connectivity index (χ3n) is 6.05. The quantitative estimate of drug-likeness (QED) is 0.161. The molecule has 0 bridgehead atoms. The van der Waals surface area contributed by atoms with Crippen LogP contribution >= 0.6 is 21.6 Å². The maximum absolute atomic E-state index is 13.2. The summed E-state index contributed by atoms with van der Waals surface area (Å²) in [5.74, 6) is 1.33. The second-order valence-corrected chi connectivity index (χ2v) is 12.0. The van der Waals surface area contributed by atoms with Crippen molar-refractivity contribution in [1.29, 1.82) is 0 Å². The fourth-order valence-electron chi connectivity index (χ4n) is 4.06. The van der Waals surface area contributed by atoms with Gasteiger partial charge in [-0.2, -0.15) is 0 Å². The minimum Gasteiger partial charge on any atom is -0.347 e. The molecule has 8 heteroatoms. The van der Waals surface area contributed by atoms with Crippen LogP contribution in [0.15, 0.2) is 86.0 Å². The van der Waals surface area contributed by atoms with Gasteiger partial charge in [-0.1, -0.05) is 94.4 Å². The van der Waals surface area contributed by atoms with Gasteiger partial charge in [0.15, 0.2) is 0 Å². The van der Waals surface area contributed by atoms with E-state index in [0.29, 0.717) is 37.7 Å². The van der Waals surface area contributed by atoms with E-state index in [-0.39, 0.29) is 23.9 Å². The SMILES string of the molecule is C=CCN(Cc1ccccc1)[C@@H](CSSC[C@@H](C(=O)N(C)C)N(CC=C)Cc1ccccc1)C(=O)N(C)C. The normalized spacial score (nSPS) is 12.7. The molecule has 0 radical (unpaired) electrons. The van der Waals surface area contributed by atoms with E-state index < -0.39 is 0 Å². The number of carbonyl (C=O) groups is 2. The standard InChI is InChI=1S/C30H42N4O2S2/c1-7-19-33(21-25-15-11-9-12-16-25)27(29(35)31(3)4)23-37-38-24-28(30(36)32(5)6)34(20-8-2)22-26-17-13-10-14-18-26/h7-18,27-28H,1-2,19-24H2,3-6H3/t27-,28-/m0/s1. The highest BCUT2D eigenvalue weighted by Gasteiger charge is 2.29. The van der Waals surface area contributed by atoms with E-state index in [0.717, 1.165) is 11.1 Å². The lowest BCUT2D eigenvalue weighted by Crippen LogP contribution is -2.48. The predicted molar refractivity (Wildman–Crippen MR) is 164 cm³/mol. The minimum absolute atomic E-state index is 0.0640. The zero-order valence-electron chi connectivity index (χ0n) is 23.2. The van der Waals surface area contributed by atoms with Gasteiger partial charge < -0.3 is 9.80 Å². The molecule has 2 aromatic carbocycles. The van der Waals surface area contributed by atoms with Gasteiger partial charge in [-0.25, -0.2) is 0 Å². The van der Waals surface area contributed by atoms with Crippen molar-refractivity contribution in [2.75, 3.05) is 52.8 Å². The first-order chi connectivity index (χ1) is 18.3. The first-order valence-electron chi connectivity index (χ1n) is 12.7. The highest BCUT2D eigenvalue weighted by Crippen LogP contribution is 2.28. The maximum atomic E-state index is 13.2. The van der Waals surface area contributed by atoms with Crippen molar-refractivity contribution >= 4 is 33.4 Å². The van der Waals surface area contributed by atoms with Crippen LogP contribution in [0.3, 0.4) is 0 Å². The molecule has 0 saturated heterocycles. The third-order valence-corrected chi connectivity index (χ3v) is 8.44. The second-order valence-electron chi connectivity index (χ2n) is 9.47. The number of likely N-dealkylation sites (N-methyl/N-ethyl adjacent to an activating group) is 2. The summed E-state index contributed by atoms with van der Waals surface area (Å²) in [4.78, 5) is 34.1.